The van der Waals surface area contributed by atoms with Crippen LogP contribution in [0.25, 0.3) is 6.08 Å². The first-order valence-electron chi connectivity index (χ1n) is 5.74. The maximum atomic E-state index is 12.4. The maximum Gasteiger partial charge on any atom is 0.143 e. The second-order valence-corrected chi connectivity index (χ2v) is 6.26. The van der Waals surface area contributed by atoms with Gasteiger partial charge in [0.15, 0.2) is 0 Å². The summed E-state index contributed by atoms with van der Waals surface area (Å²) in [6.07, 6.45) is 3.03. The van der Waals surface area contributed by atoms with Crippen molar-refractivity contribution in [2.45, 2.75) is 5.03 Å². The molecule has 1 aromatic heterocycles. The van der Waals surface area contributed by atoms with Gasteiger partial charge in [-0.05, 0) is 23.8 Å². The molecule has 0 spiro atoms. The van der Waals surface area contributed by atoms with E-state index in [9.17, 15) is 4.21 Å². The molecule has 1 atom stereocenters. The average molecular weight is 309 g/mol. The van der Waals surface area contributed by atoms with Crippen LogP contribution in [0.5, 0.6) is 5.75 Å². The third-order valence-corrected chi connectivity index (χ3v) is 4.31. The fourth-order valence-corrected chi connectivity index (χ4v) is 2.72. The second-order valence-electron chi connectivity index (χ2n) is 3.96. The lowest BCUT2D eigenvalue weighted by Crippen LogP contribution is -1.98. The van der Waals surface area contributed by atoms with Gasteiger partial charge in [0, 0.05) is 22.7 Å². The van der Waals surface area contributed by atoms with E-state index in [1.807, 2.05) is 6.07 Å². The first-order chi connectivity index (χ1) is 9.53. The van der Waals surface area contributed by atoms with Crippen LogP contribution >= 0.6 is 11.6 Å². The van der Waals surface area contributed by atoms with Crippen molar-refractivity contribution in [2.75, 3.05) is 7.11 Å². The molecule has 0 bridgehead atoms. The van der Waals surface area contributed by atoms with Crippen LogP contribution in [0.3, 0.4) is 0 Å². The Bertz CT molecular complexity index is 742. The number of ether oxygens (including phenoxy) is 1. The number of rotatable bonds is 4. The van der Waals surface area contributed by atoms with Crippen molar-refractivity contribution in [2.24, 2.45) is 0 Å². The third kappa shape index (κ3) is 3.37. The molecule has 1 heterocycles. The van der Waals surface area contributed by atoms with E-state index in [-0.39, 0.29) is 5.03 Å². The summed E-state index contributed by atoms with van der Waals surface area (Å²) < 4.78 is 25.3. The zero-order valence-electron chi connectivity index (χ0n) is 10.7. The molecule has 0 aliphatic rings. The lowest BCUT2D eigenvalue weighted by atomic mass is 10.2. The Labute approximate surface area is 123 Å². The third-order valence-electron chi connectivity index (χ3n) is 2.60. The topological polar surface area (TPSA) is 63.0 Å². The number of benzene rings is 1. The van der Waals surface area contributed by atoms with E-state index in [4.69, 9.17) is 21.1 Å². The summed E-state index contributed by atoms with van der Waals surface area (Å²) in [5, 5.41) is 1.99. The molecule has 0 amide bonds. The van der Waals surface area contributed by atoms with E-state index in [1.54, 1.807) is 30.3 Å². The van der Waals surface area contributed by atoms with Crippen molar-refractivity contribution in [3.05, 3.63) is 58.6 Å². The summed E-state index contributed by atoms with van der Waals surface area (Å²) in [6, 6.07) is 10.3. The number of hydrogen-bond acceptors (Lipinski definition) is 4. The van der Waals surface area contributed by atoms with Gasteiger partial charge in [0.25, 0.3) is 0 Å². The molecule has 6 heteroatoms. The van der Waals surface area contributed by atoms with Crippen LogP contribution in [0, 0.1) is 4.78 Å². The first-order valence-corrected chi connectivity index (χ1v) is 7.74. The fraction of sp³-hybridized carbons (Fsp3) is 0.0714. The summed E-state index contributed by atoms with van der Waals surface area (Å²) in [5.41, 5.74) is 0.706. The number of methoxy groups -OCH3 is 1. The van der Waals surface area contributed by atoms with Crippen LogP contribution in [0.2, 0.25) is 5.02 Å². The highest BCUT2D eigenvalue weighted by Crippen LogP contribution is 2.20. The van der Waals surface area contributed by atoms with E-state index in [2.05, 4.69) is 4.98 Å². The molecular formula is C14H13ClN2O2S. The van der Waals surface area contributed by atoms with Crippen molar-refractivity contribution in [1.29, 1.82) is 4.78 Å². The molecule has 1 N–H and O–H groups in total. The van der Waals surface area contributed by atoms with Crippen LogP contribution in [0.1, 0.15) is 5.56 Å². The Morgan fingerprint density at radius 2 is 2.10 bits per heavy atom. The number of nitrogens with zero attached hydrogens (tertiary/aromatic N) is 1. The van der Waals surface area contributed by atoms with Crippen molar-refractivity contribution in [3.63, 3.8) is 0 Å². The molecule has 20 heavy (non-hydrogen) atoms. The predicted molar refractivity (Wildman–Crippen MR) is 80.4 cm³/mol. The molecule has 0 fully saturated rings. The predicted octanol–water partition coefficient (Wildman–Crippen LogP) is 3.82. The smallest absolute Gasteiger partial charge is 0.143 e. The lowest BCUT2D eigenvalue weighted by molar-refractivity contribution is 0.412. The van der Waals surface area contributed by atoms with Gasteiger partial charge in [-0.2, -0.15) is 0 Å². The number of pyridine rings is 1. The zero-order valence-corrected chi connectivity index (χ0v) is 12.3. The molecule has 0 radical (unpaired) electrons. The molecular weight excluding hydrogens is 296 g/mol. The Hall–Kier alpha value is -1.85. The van der Waals surface area contributed by atoms with E-state index in [1.165, 1.54) is 24.8 Å². The molecule has 104 valence electrons. The monoisotopic (exact) mass is 308 g/mol. The van der Waals surface area contributed by atoms with Gasteiger partial charge in [0.2, 0.25) is 0 Å². The summed E-state index contributed by atoms with van der Waals surface area (Å²) in [6.45, 7) is 0. The van der Waals surface area contributed by atoms with Crippen LogP contribution in [-0.4, -0.2) is 16.3 Å². The molecule has 0 aliphatic carbocycles. The minimum atomic E-state index is -3.14. The van der Waals surface area contributed by atoms with Crippen molar-refractivity contribution in [3.8, 4) is 5.75 Å². The largest absolute Gasteiger partial charge is 0.497 e. The van der Waals surface area contributed by atoms with E-state index in [0.29, 0.717) is 16.3 Å². The van der Waals surface area contributed by atoms with Gasteiger partial charge in [-0.25, -0.2) is 14.0 Å². The molecule has 4 nitrogen and oxygen atoms in total. The standard InChI is InChI=1S/C14H13ClN2O2S/c1-19-12-6-8-17-14(10-12)20(16,18)9-7-11-4-2-3-5-13(11)15/h2-10,16H,1H3/b9-7+. The van der Waals surface area contributed by atoms with E-state index < -0.39 is 9.73 Å². The van der Waals surface area contributed by atoms with Gasteiger partial charge >= 0.3 is 0 Å². The number of hydrogen-bond donors (Lipinski definition) is 1. The molecule has 2 rings (SSSR count). The fourth-order valence-electron chi connectivity index (χ4n) is 1.53. The van der Waals surface area contributed by atoms with Crippen molar-refractivity contribution >= 4 is 27.4 Å². The van der Waals surface area contributed by atoms with Crippen LogP contribution in [0.4, 0.5) is 0 Å². The highest BCUT2D eigenvalue weighted by atomic mass is 35.5. The quantitative estimate of drug-likeness (QED) is 0.934. The van der Waals surface area contributed by atoms with Gasteiger partial charge < -0.3 is 4.74 Å². The normalized spacial score (nSPS) is 14.1. The Morgan fingerprint density at radius 1 is 1.35 bits per heavy atom. The number of nitrogens with one attached hydrogen (secondary N) is 1. The van der Waals surface area contributed by atoms with Gasteiger partial charge in [-0.1, -0.05) is 29.8 Å². The minimum absolute atomic E-state index is 0.153. The highest BCUT2D eigenvalue weighted by Gasteiger charge is 2.09. The number of halogens is 1. The van der Waals surface area contributed by atoms with Gasteiger partial charge in [0.05, 0.1) is 7.11 Å². The summed E-state index contributed by atoms with van der Waals surface area (Å²) in [7, 11) is -1.63. The minimum Gasteiger partial charge on any atom is -0.497 e. The molecule has 0 saturated heterocycles. The summed E-state index contributed by atoms with van der Waals surface area (Å²) >= 11 is 6.01. The second kappa shape index (κ2) is 6.07. The molecule has 1 unspecified atom stereocenters. The van der Waals surface area contributed by atoms with Crippen molar-refractivity contribution < 1.29 is 8.95 Å². The Morgan fingerprint density at radius 3 is 2.80 bits per heavy atom. The van der Waals surface area contributed by atoms with Gasteiger partial charge in [0.1, 0.15) is 20.5 Å². The lowest BCUT2D eigenvalue weighted by Gasteiger charge is -2.04. The molecule has 0 aliphatic heterocycles. The SMILES string of the molecule is COc1ccnc(S(=N)(=O)/C=C/c2ccccc2Cl)c1. The highest BCUT2D eigenvalue weighted by molar-refractivity contribution is 7.95. The van der Waals surface area contributed by atoms with Crippen LogP contribution in [0.15, 0.2) is 53.0 Å². The Kier molecular flexibility index (Phi) is 4.42. The van der Waals surface area contributed by atoms with E-state index >= 15 is 0 Å². The molecule has 1 aromatic carbocycles. The maximum absolute atomic E-state index is 12.4. The number of aromatic nitrogens is 1. The van der Waals surface area contributed by atoms with Crippen LogP contribution in [-0.2, 0) is 9.73 Å². The summed E-state index contributed by atoms with van der Waals surface area (Å²) in [4.78, 5) is 3.97. The van der Waals surface area contributed by atoms with E-state index in [0.717, 1.165) is 0 Å². The van der Waals surface area contributed by atoms with Gasteiger partial charge in [-0.3, -0.25) is 0 Å². The zero-order chi connectivity index (χ0) is 14.6. The average Bonchev–Trinajstić information content (AvgIpc) is 2.46. The first kappa shape index (κ1) is 14.6. The van der Waals surface area contributed by atoms with Crippen LogP contribution < -0.4 is 4.74 Å². The van der Waals surface area contributed by atoms with Gasteiger partial charge in [-0.15, -0.1) is 0 Å². The summed E-state index contributed by atoms with van der Waals surface area (Å²) in [5.74, 6) is 0.515. The Balaban J connectivity index is 2.34. The molecule has 2 aromatic rings. The molecule has 0 saturated carbocycles. The van der Waals surface area contributed by atoms with Crippen molar-refractivity contribution in [1.82, 2.24) is 4.98 Å².